The molecule has 1 saturated carbocycles. The molecule has 0 radical (unpaired) electrons. The first-order chi connectivity index (χ1) is 19.7. The maximum absolute atomic E-state index is 12.3. The van der Waals surface area contributed by atoms with Gasteiger partial charge in [-0.2, -0.15) is 4.21 Å². The zero-order chi connectivity index (χ0) is 31.0. The number of alkyl halides is 4. The normalized spacial score (nSPS) is 29.4. The van der Waals surface area contributed by atoms with Gasteiger partial charge in [0, 0.05) is 35.8 Å². The van der Waals surface area contributed by atoms with Gasteiger partial charge in [0.05, 0.1) is 39.9 Å². The third-order valence-electron chi connectivity index (χ3n) is 7.00. The molecule has 1 amide bonds. The van der Waals surface area contributed by atoms with Crippen molar-refractivity contribution in [3.8, 4) is 5.75 Å². The summed E-state index contributed by atoms with van der Waals surface area (Å²) in [5, 5.41) is 1.33. The number of carbonyl (C=O) groups is 1. The largest absolute Gasteiger partial charge is 0.489 e. The van der Waals surface area contributed by atoms with E-state index in [9.17, 15) is 9.00 Å². The van der Waals surface area contributed by atoms with Gasteiger partial charge < -0.3 is 9.64 Å². The molecule has 0 N–H and O–H groups in total. The molecule has 3 aliphatic rings. The minimum atomic E-state index is -1.86. The lowest BCUT2D eigenvalue weighted by Crippen LogP contribution is -2.45. The Hall–Kier alpha value is 0.120. The van der Waals surface area contributed by atoms with Gasteiger partial charge in [-0.3, -0.25) is 12.9 Å². The molecule has 2 aromatic rings. The van der Waals surface area contributed by atoms with E-state index in [1.54, 1.807) is 29.4 Å². The van der Waals surface area contributed by atoms with Crippen molar-refractivity contribution in [2.75, 3.05) is 32.9 Å². The molecule has 4 unspecified atom stereocenters. The third-order valence-corrected chi connectivity index (χ3v) is 12.8. The number of allylic oxidation sites excluding steroid dienone is 2. The second-order valence-electron chi connectivity index (χ2n) is 9.40. The minimum absolute atomic E-state index is 0.0107. The van der Waals surface area contributed by atoms with Crippen molar-refractivity contribution in [1.29, 1.82) is 0 Å². The van der Waals surface area contributed by atoms with Crippen LogP contribution in [0.5, 0.6) is 5.75 Å². The summed E-state index contributed by atoms with van der Waals surface area (Å²) in [4.78, 5) is 15.1. The number of halogens is 9. The van der Waals surface area contributed by atoms with Crippen molar-refractivity contribution in [3.63, 3.8) is 0 Å². The van der Waals surface area contributed by atoms with E-state index in [1.165, 1.54) is 10.9 Å². The molecule has 1 aromatic heterocycles. The average molecular weight is 784 g/mol. The Morgan fingerprint density at radius 2 is 1.57 bits per heavy atom. The highest BCUT2D eigenvalue weighted by atomic mass is 35.5. The van der Waals surface area contributed by atoms with E-state index in [0.29, 0.717) is 33.9 Å². The van der Waals surface area contributed by atoms with Gasteiger partial charge in [0.2, 0.25) is 0 Å². The maximum atomic E-state index is 12.3. The van der Waals surface area contributed by atoms with Crippen LogP contribution in [0.4, 0.5) is 4.79 Å². The van der Waals surface area contributed by atoms with Crippen LogP contribution in [0.2, 0.25) is 15.1 Å². The van der Waals surface area contributed by atoms with Gasteiger partial charge >= 0.3 is 17.4 Å². The van der Waals surface area contributed by atoms with Gasteiger partial charge in [0.15, 0.2) is 10.1 Å². The van der Waals surface area contributed by atoms with Crippen molar-refractivity contribution in [2.24, 2.45) is 11.8 Å². The van der Waals surface area contributed by atoms with Crippen LogP contribution in [0.1, 0.15) is 13.3 Å². The van der Waals surface area contributed by atoms with Crippen molar-refractivity contribution < 1.29 is 22.1 Å². The highest BCUT2D eigenvalue weighted by Gasteiger charge is 2.82. The first kappa shape index (κ1) is 35.0. The molecule has 5 rings (SSSR count). The Labute approximate surface area is 290 Å². The molecule has 18 heteroatoms. The molecule has 1 aliphatic heterocycles. The van der Waals surface area contributed by atoms with Crippen molar-refractivity contribution in [2.45, 2.75) is 27.4 Å². The second kappa shape index (κ2) is 13.9. The number of rotatable bonds is 6. The number of carbonyl (C=O) groups excluding carboxylic acids is 1. The number of aromatic nitrogens is 2. The van der Waals surface area contributed by atoms with Crippen LogP contribution in [-0.4, -0.2) is 71.7 Å². The molecule has 2 bridgehead atoms. The molecule has 2 fully saturated rings. The van der Waals surface area contributed by atoms with E-state index in [0.717, 1.165) is 6.42 Å². The Balaban J connectivity index is 0.000000196. The van der Waals surface area contributed by atoms with Crippen LogP contribution in [0.25, 0.3) is 0 Å². The van der Waals surface area contributed by atoms with Gasteiger partial charge in [0.1, 0.15) is 22.7 Å². The van der Waals surface area contributed by atoms with Gasteiger partial charge in [-0.05, 0) is 18.6 Å². The number of hydrogen-bond donors (Lipinski definition) is 0. The Morgan fingerprint density at radius 1 is 1.02 bits per heavy atom. The van der Waals surface area contributed by atoms with Gasteiger partial charge in [-0.25, -0.2) is 9.78 Å². The van der Waals surface area contributed by atoms with Crippen molar-refractivity contribution in [1.82, 2.24) is 14.5 Å². The molecular formula is C24H22Cl9N3O5S. The second-order valence-corrected chi connectivity index (χ2v) is 14.8. The highest BCUT2D eigenvalue weighted by molar-refractivity contribution is 7.75. The maximum Gasteiger partial charge on any atom is 0.329 e. The van der Waals surface area contributed by atoms with Crippen LogP contribution in [-0.2, 0) is 19.7 Å². The van der Waals surface area contributed by atoms with E-state index in [-0.39, 0.29) is 35.9 Å². The van der Waals surface area contributed by atoms with Crippen LogP contribution in [0, 0.1) is 11.8 Å². The highest BCUT2D eigenvalue weighted by Crippen LogP contribution is 2.76. The predicted molar refractivity (Wildman–Crippen MR) is 169 cm³/mol. The smallest absolute Gasteiger partial charge is 0.329 e. The molecule has 4 atom stereocenters. The Morgan fingerprint density at radius 3 is 2.05 bits per heavy atom. The number of fused-ring (bicyclic) bond motifs is 5. The number of amides is 1. The molecule has 2 heterocycles. The SMILES string of the molecule is CCCN(CCOc1c(Cl)cc(Cl)cc1Cl)C(=O)n1ccnc1.O=S1OCC2C(CO1)C1(Cl)C(Cl)=C(Cl)C2(Cl)C1(Cl)Cl. The molecule has 2 aliphatic carbocycles. The summed E-state index contributed by atoms with van der Waals surface area (Å²) in [6.45, 7) is 3.31. The number of ether oxygens (including phenoxy) is 1. The fraction of sp³-hybridized carbons (Fsp3) is 0.500. The molecule has 1 saturated heterocycles. The third kappa shape index (κ3) is 6.13. The lowest BCUT2D eigenvalue weighted by atomic mass is 9.83. The molecule has 0 spiro atoms. The summed E-state index contributed by atoms with van der Waals surface area (Å²) in [7, 11) is 0. The number of hydrogen-bond acceptors (Lipinski definition) is 6. The standard InChI is InChI=1S/C15H16Cl3N3O2.C9H6Cl6O3S/c1-2-4-20(15(22)21-5-3-19-10-21)6-7-23-14-12(17)8-11(16)9-13(14)18;10-5-6(11)8(13)4-2-18-19(16)17-1-3(4)7(5,12)9(8,14)15/h3,5,8-10H,2,4,6-7H2,1H3;3-4H,1-2H2. The van der Waals surface area contributed by atoms with Crippen LogP contribution < -0.4 is 4.74 Å². The number of benzene rings is 1. The van der Waals surface area contributed by atoms with E-state index >= 15 is 0 Å². The summed E-state index contributed by atoms with van der Waals surface area (Å²) >= 11 is 54.3. The lowest BCUT2D eigenvalue weighted by Gasteiger charge is -2.33. The number of imidazole rings is 1. The first-order valence-corrected chi connectivity index (χ1v) is 16.7. The summed E-state index contributed by atoms with van der Waals surface area (Å²) < 4.78 is 26.8. The van der Waals surface area contributed by atoms with E-state index in [4.69, 9.17) is 118 Å². The zero-order valence-electron chi connectivity index (χ0n) is 21.5. The summed E-state index contributed by atoms with van der Waals surface area (Å²) in [6.07, 6.45) is 5.48. The minimum Gasteiger partial charge on any atom is -0.489 e. The van der Waals surface area contributed by atoms with E-state index < -0.39 is 37.3 Å². The van der Waals surface area contributed by atoms with Crippen molar-refractivity contribution in [3.05, 3.63) is 56.0 Å². The predicted octanol–water partition coefficient (Wildman–Crippen LogP) is 8.29. The van der Waals surface area contributed by atoms with E-state index in [1.807, 2.05) is 6.92 Å². The molecule has 42 heavy (non-hydrogen) atoms. The lowest BCUT2D eigenvalue weighted by molar-refractivity contribution is 0.184. The van der Waals surface area contributed by atoms with Gasteiger partial charge in [-0.1, -0.05) is 88.1 Å². The fourth-order valence-corrected chi connectivity index (χ4v) is 9.56. The molecular weight excluding hydrogens is 761 g/mol. The summed E-state index contributed by atoms with van der Waals surface area (Å²) in [5.41, 5.74) is 0. The molecule has 1 aromatic carbocycles. The summed E-state index contributed by atoms with van der Waals surface area (Å²) in [5.74, 6) is -0.546. The summed E-state index contributed by atoms with van der Waals surface area (Å²) in [6, 6.07) is 2.97. The quantitative estimate of drug-likeness (QED) is 0.275. The van der Waals surface area contributed by atoms with Crippen LogP contribution in [0.3, 0.4) is 0 Å². The van der Waals surface area contributed by atoms with E-state index in [2.05, 4.69) is 4.98 Å². The molecule has 8 nitrogen and oxygen atoms in total. The van der Waals surface area contributed by atoms with Crippen LogP contribution >= 0.6 is 104 Å². The topological polar surface area (TPSA) is 82.9 Å². The van der Waals surface area contributed by atoms with Crippen LogP contribution in [0.15, 0.2) is 40.9 Å². The van der Waals surface area contributed by atoms with Gasteiger partial charge in [-0.15, -0.1) is 23.2 Å². The Bertz CT molecular complexity index is 1320. The number of nitrogens with zero attached hydrogens (tertiary/aromatic N) is 3. The first-order valence-electron chi connectivity index (χ1n) is 12.3. The fourth-order valence-electron chi connectivity index (χ4n) is 4.99. The zero-order valence-corrected chi connectivity index (χ0v) is 29.1. The molecule has 232 valence electrons. The Kier molecular flexibility index (Phi) is 11.5. The van der Waals surface area contributed by atoms with Crippen molar-refractivity contribution >= 4 is 122 Å². The average Bonchev–Trinajstić information content (AvgIpc) is 3.47. The monoisotopic (exact) mass is 779 g/mol. The van der Waals surface area contributed by atoms with Gasteiger partial charge in [0.25, 0.3) is 0 Å².